The second kappa shape index (κ2) is 9.77. The third-order valence-electron chi connectivity index (χ3n) is 5.02. The number of carbonyl (C=O) groups excluding carboxylic acids is 2. The van der Waals surface area contributed by atoms with Crippen LogP contribution in [0.25, 0.3) is 0 Å². The van der Waals surface area contributed by atoms with Gasteiger partial charge in [-0.2, -0.15) is 0 Å². The minimum absolute atomic E-state index is 0.00791. The molecule has 5 nitrogen and oxygen atoms in total. The van der Waals surface area contributed by atoms with Crippen molar-refractivity contribution in [3.63, 3.8) is 0 Å². The normalized spacial score (nSPS) is 16.4. The van der Waals surface area contributed by atoms with Crippen molar-refractivity contribution >= 4 is 11.8 Å². The van der Waals surface area contributed by atoms with E-state index >= 15 is 0 Å². The smallest absolute Gasteiger partial charge is 0.260 e. The summed E-state index contributed by atoms with van der Waals surface area (Å²) in [7, 11) is 0. The minimum Gasteiger partial charge on any atom is -0.481 e. The van der Waals surface area contributed by atoms with Crippen LogP contribution in [0.4, 0.5) is 0 Å². The van der Waals surface area contributed by atoms with Gasteiger partial charge in [-0.25, -0.2) is 0 Å². The van der Waals surface area contributed by atoms with Gasteiger partial charge in [-0.05, 0) is 42.9 Å². The molecule has 0 bridgehead atoms. The van der Waals surface area contributed by atoms with E-state index < -0.39 is 6.10 Å². The molecule has 0 radical (unpaired) electrons. The van der Waals surface area contributed by atoms with Crippen LogP contribution in [-0.2, 0) is 15.0 Å². The Labute approximate surface area is 163 Å². The van der Waals surface area contributed by atoms with E-state index in [9.17, 15) is 9.59 Å². The van der Waals surface area contributed by atoms with E-state index in [1.54, 1.807) is 6.92 Å². The molecule has 1 aliphatic carbocycles. The summed E-state index contributed by atoms with van der Waals surface area (Å²) in [5.41, 5.74) is 1.30. The second-order valence-electron chi connectivity index (χ2n) is 8.48. The lowest BCUT2D eigenvalue weighted by atomic mass is 9.87. The summed E-state index contributed by atoms with van der Waals surface area (Å²) in [6, 6.07) is 8.13. The number of nitrogens with one attached hydrogen (secondary N) is 2. The molecule has 0 heterocycles. The fraction of sp³-hybridized carbons (Fsp3) is 0.636. The van der Waals surface area contributed by atoms with Crippen molar-refractivity contribution < 1.29 is 14.3 Å². The zero-order valence-corrected chi connectivity index (χ0v) is 17.1. The summed E-state index contributed by atoms with van der Waals surface area (Å²) < 4.78 is 5.71. The number of ether oxygens (including phenoxy) is 1. The monoisotopic (exact) mass is 374 g/mol. The highest BCUT2D eigenvalue weighted by atomic mass is 16.5. The van der Waals surface area contributed by atoms with Crippen molar-refractivity contribution in [1.82, 2.24) is 10.6 Å². The van der Waals surface area contributed by atoms with Crippen LogP contribution in [0, 0.1) is 0 Å². The average Bonchev–Trinajstić information content (AvgIpc) is 2.62. The topological polar surface area (TPSA) is 67.4 Å². The molecule has 1 aliphatic rings. The highest BCUT2D eigenvalue weighted by Gasteiger charge is 2.18. The van der Waals surface area contributed by atoms with Crippen molar-refractivity contribution in [1.29, 1.82) is 0 Å². The lowest BCUT2D eigenvalue weighted by Crippen LogP contribution is -2.40. The van der Waals surface area contributed by atoms with Crippen LogP contribution >= 0.6 is 0 Å². The van der Waals surface area contributed by atoms with Crippen LogP contribution in [0.5, 0.6) is 5.75 Å². The van der Waals surface area contributed by atoms with Crippen LogP contribution < -0.4 is 15.4 Å². The number of amides is 2. The van der Waals surface area contributed by atoms with Gasteiger partial charge in [0.05, 0.1) is 0 Å². The first-order valence-corrected chi connectivity index (χ1v) is 10.1. The Bertz CT molecular complexity index is 613. The van der Waals surface area contributed by atoms with Crippen molar-refractivity contribution in [2.24, 2.45) is 0 Å². The number of benzene rings is 1. The fourth-order valence-corrected chi connectivity index (χ4v) is 3.28. The predicted octanol–water partition coefficient (Wildman–Crippen LogP) is 3.71. The maximum absolute atomic E-state index is 12.2. The molecule has 1 aromatic rings. The van der Waals surface area contributed by atoms with Gasteiger partial charge in [-0.3, -0.25) is 9.59 Å². The van der Waals surface area contributed by atoms with Gasteiger partial charge in [0.1, 0.15) is 5.75 Å². The minimum atomic E-state index is -0.605. The molecule has 0 spiro atoms. The largest absolute Gasteiger partial charge is 0.481 e. The summed E-state index contributed by atoms with van der Waals surface area (Å²) in [6.45, 7) is 8.51. The predicted molar refractivity (Wildman–Crippen MR) is 108 cm³/mol. The van der Waals surface area contributed by atoms with E-state index in [1.807, 2.05) is 24.3 Å². The lowest BCUT2D eigenvalue weighted by Gasteiger charge is -2.22. The quantitative estimate of drug-likeness (QED) is 0.764. The van der Waals surface area contributed by atoms with E-state index in [4.69, 9.17) is 4.74 Å². The van der Waals surface area contributed by atoms with Crippen LogP contribution in [0.15, 0.2) is 24.3 Å². The van der Waals surface area contributed by atoms with E-state index in [-0.39, 0.29) is 17.2 Å². The van der Waals surface area contributed by atoms with E-state index in [0.717, 1.165) is 12.8 Å². The Kier molecular flexibility index (Phi) is 7.69. The highest BCUT2D eigenvalue weighted by Crippen LogP contribution is 2.24. The molecule has 2 N–H and O–H groups in total. The van der Waals surface area contributed by atoms with Crippen molar-refractivity contribution in [2.45, 2.75) is 83.8 Å². The van der Waals surface area contributed by atoms with Gasteiger partial charge in [-0.15, -0.1) is 0 Å². The summed E-state index contributed by atoms with van der Waals surface area (Å²) in [4.78, 5) is 24.2. The Morgan fingerprint density at radius 2 is 1.74 bits per heavy atom. The van der Waals surface area contributed by atoms with Gasteiger partial charge in [0.2, 0.25) is 5.91 Å². The number of carbonyl (C=O) groups is 2. The molecule has 1 aromatic carbocycles. The van der Waals surface area contributed by atoms with E-state index in [2.05, 4.69) is 31.4 Å². The first kappa shape index (κ1) is 21.3. The molecule has 1 unspecified atom stereocenters. The summed E-state index contributed by atoms with van der Waals surface area (Å²) in [6.07, 6.45) is 5.47. The van der Waals surface area contributed by atoms with Crippen LogP contribution in [0.3, 0.4) is 0 Å². The standard InChI is InChI=1S/C22H34N2O3/c1-16(27-19-12-10-17(11-13-19)22(2,3)4)21(26)23-15-14-20(25)24-18-8-6-5-7-9-18/h10-13,16,18H,5-9,14-15H2,1-4H3,(H,23,26)(H,24,25). The molecular weight excluding hydrogens is 340 g/mol. The summed E-state index contributed by atoms with van der Waals surface area (Å²) in [5, 5.41) is 5.84. The maximum atomic E-state index is 12.2. The molecule has 0 aromatic heterocycles. The molecule has 1 fully saturated rings. The Morgan fingerprint density at radius 1 is 1.11 bits per heavy atom. The summed E-state index contributed by atoms with van der Waals surface area (Å²) in [5.74, 6) is 0.467. The number of hydrogen-bond acceptors (Lipinski definition) is 3. The second-order valence-corrected chi connectivity index (χ2v) is 8.48. The molecule has 2 amide bonds. The molecule has 0 saturated heterocycles. The van der Waals surface area contributed by atoms with Crippen LogP contribution in [0.2, 0.25) is 0 Å². The third-order valence-corrected chi connectivity index (χ3v) is 5.02. The summed E-state index contributed by atoms with van der Waals surface area (Å²) >= 11 is 0. The molecule has 150 valence electrons. The van der Waals surface area contributed by atoms with Crippen molar-refractivity contribution in [3.05, 3.63) is 29.8 Å². The molecule has 1 saturated carbocycles. The molecule has 5 heteroatoms. The van der Waals surface area contributed by atoms with Gasteiger partial charge >= 0.3 is 0 Å². The SMILES string of the molecule is CC(Oc1ccc(C(C)(C)C)cc1)C(=O)NCCC(=O)NC1CCCCC1. The van der Waals surface area contributed by atoms with Crippen LogP contribution in [0.1, 0.15) is 71.8 Å². The van der Waals surface area contributed by atoms with Gasteiger partial charge < -0.3 is 15.4 Å². The average molecular weight is 375 g/mol. The molecule has 27 heavy (non-hydrogen) atoms. The number of rotatable bonds is 7. The highest BCUT2D eigenvalue weighted by molar-refractivity contribution is 5.82. The third kappa shape index (κ3) is 7.24. The molecular formula is C22H34N2O3. The van der Waals surface area contributed by atoms with Gasteiger partial charge in [-0.1, -0.05) is 52.2 Å². The Morgan fingerprint density at radius 3 is 2.33 bits per heavy atom. The van der Waals surface area contributed by atoms with E-state index in [1.165, 1.54) is 24.8 Å². The maximum Gasteiger partial charge on any atom is 0.260 e. The Hall–Kier alpha value is -2.04. The molecule has 2 rings (SSSR count). The fourth-order valence-electron chi connectivity index (χ4n) is 3.28. The Balaban J connectivity index is 1.69. The first-order valence-electron chi connectivity index (χ1n) is 10.1. The van der Waals surface area contributed by atoms with Gasteiger partial charge in [0.15, 0.2) is 6.10 Å². The van der Waals surface area contributed by atoms with Crippen molar-refractivity contribution in [3.8, 4) is 5.75 Å². The van der Waals surface area contributed by atoms with Crippen LogP contribution in [-0.4, -0.2) is 30.5 Å². The van der Waals surface area contributed by atoms with Crippen molar-refractivity contribution in [2.75, 3.05) is 6.54 Å². The first-order chi connectivity index (χ1) is 12.8. The van der Waals surface area contributed by atoms with Gasteiger partial charge in [0.25, 0.3) is 5.91 Å². The zero-order chi connectivity index (χ0) is 19.9. The molecule has 1 atom stereocenters. The van der Waals surface area contributed by atoms with Gasteiger partial charge in [0, 0.05) is 19.0 Å². The van der Waals surface area contributed by atoms with E-state index in [0.29, 0.717) is 24.8 Å². The number of hydrogen-bond donors (Lipinski definition) is 2. The lowest BCUT2D eigenvalue weighted by molar-refractivity contribution is -0.127. The zero-order valence-electron chi connectivity index (χ0n) is 17.1. The molecule has 0 aliphatic heterocycles.